The molecule has 1 spiro atoms. The van der Waals surface area contributed by atoms with Crippen LogP contribution in [-0.4, -0.2) is 65.1 Å². The molecule has 0 bridgehead atoms. The van der Waals surface area contributed by atoms with E-state index in [0.29, 0.717) is 54.2 Å². The van der Waals surface area contributed by atoms with Gasteiger partial charge in [0.2, 0.25) is 10.0 Å². The van der Waals surface area contributed by atoms with Gasteiger partial charge in [0.15, 0.2) is 11.5 Å². The molecule has 1 aliphatic carbocycles. The van der Waals surface area contributed by atoms with Crippen molar-refractivity contribution >= 4 is 27.3 Å². The Balaban J connectivity index is 1.41. The van der Waals surface area contributed by atoms with E-state index in [9.17, 15) is 26.4 Å². The fourth-order valence-corrected chi connectivity index (χ4v) is 6.23. The zero-order valence-corrected chi connectivity index (χ0v) is 22.7. The Bertz CT molecular complexity index is 1370. The summed E-state index contributed by atoms with van der Waals surface area (Å²) >= 11 is 0. The Morgan fingerprint density at radius 2 is 1.88 bits per heavy atom. The molecule has 0 unspecified atom stereocenters. The maximum Gasteiger partial charge on any atom is 0.392 e. The van der Waals surface area contributed by atoms with E-state index in [0.717, 1.165) is 12.8 Å². The first-order chi connectivity index (χ1) is 19.0. The number of fused-ring (bicyclic) bond motifs is 1. The van der Waals surface area contributed by atoms with Gasteiger partial charge in [-0.1, -0.05) is 0 Å². The first kappa shape index (κ1) is 28.5. The SMILES string of the molecule is O=C(Nc1ccc(S(=O)(=O)NCCO)cc1N1CCC2(CC1)CC2)c1cc2c(c(OCCC(F)(F)F)c1)OCC2. The summed E-state index contributed by atoms with van der Waals surface area (Å²) in [7, 11) is -3.88. The number of carbonyl (C=O) groups excluding carboxylic acids is 1. The van der Waals surface area contributed by atoms with Gasteiger partial charge in [-0.2, -0.15) is 13.2 Å². The number of hydrogen-bond donors (Lipinski definition) is 3. The third-order valence-electron chi connectivity index (χ3n) is 7.71. The Hall–Kier alpha value is -3.03. The lowest BCUT2D eigenvalue weighted by molar-refractivity contribution is -0.139. The zero-order chi connectivity index (χ0) is 28.5. The Labute approximate surface area is 230 Å². The van der Waals surface area contributed by atoms with Crippen LogP contribution < -0.4 is 24.4 Å². The lowest BCUT2D eigenvalue weighted by Crippen LogP contribution is -2.35. The number of rotatable bonds is 10. The lowest BCUT2D eigenvalue weighted by Gasteiger charge is -2.35. The lowest BCUT2D eigenvalue weighted by atomic mass is 9.93. The monoisotopic (exact) mass is 583 g/mol. The third kappa shape index (κ3) is 6.47. The summed E-state index contributed by atoms with van der Waals surface area (Å²) in [6.07, 6.45) is -0.691. The van der Waals surface area contributed by atoms with Crippen molar-refractivity contribution in [3.8, 4) is 11.5 Å². The van der Waals surface area contributed by atoms with E-state index in [1.165, 1.54) is 37.1 Å². The maximum absolute atomic E-state index is 13.4. The highest BCUT2D eigenvalue weighted by atomic mass is 32.2. The topological polar surface area (TPSA) is 117 Å². The molecule has 1 saturated carbocycles. The molecule has 13 heteroatoms. The van der Waals surface area contributed by atoms with Crippen LogP contribution in [0.25, 0.3) is 0 Å². The number of aliphatic hydroxyl groups excluding tert-OH is 1. The Kier molecular flexibility index (Phi) is 7.90. The second-order valence-electron chi connectivity index (χ2n) is 10.5. The van der Waals surface area contributed by atoms with Gasteiger partial charge in [-0.15, -0.1) is 0 Å². The van der Waals surface area contributed by atoms with Gasteiger partial charge >= 0.3 is 6.18 Å². The van der Waals surface area contributed by atoms with Crippen molar-refractivity contribution in [1.29, 1.82) is 0 Å². The van der Waals surface area contributed by atoms with Crippen molar-refractivity contribution in [2.24, 2.45) is 5.41 Å². The molecule has 40 heavy (non-hydrogen) atoms. The van der Waals surface area contributed by atoms with Gasteiger partial charge in [-0.05, 0) is 61.4 Å². The molecule has 3 aliphatic rings. The van der Waals surface area contributed by atoms with Gasteiger partial charge in [0, 0.05) is 37.2 Å². The number of sulfonamides is 1. The molecule has 0 radical (unpaired) electrons. The molecule has 5 rings (SSSR count). The van der Waals surface area contributed by atoms with E-state index in [2.05, 4.69) is 14.9 Å². The van der Waals surface area contributed by atoms with Crippen LogP contribution in [0.15, 0.2) is 35.2 Å². The van der Waals surface area contributed by atoms with Crippen molar-refractivity contribution < 1.29 is 41.0 Å². The number of ether oxygens (including phenoxy) is 2. The predicted octanol–water partition coefficient (Wildman–Crippen LogP) is 3.86. The van der Waals surface area contributed by atoms with Gasteiger partial charge in [0.1, 0.15) is 0 Å². The summed E-state index contributed by atoms with van der Waals surface area (Å²) in [5.74, 6) is -0.0974. The number of nitrogens with one attached hydrogen (secondary N) is 2. The average molecular weight is 584 g/mol. The van der Waals surface area contributed by atoms with Crippen LogP contribution in [0, 0.1) is 5.41 Å². The van der Waals surface area contributed by atoms with E-state index < -0.39 is 35.1 Å². The molecule has 0 atom stereocenters. The fourth-order valence-electron chi connectivity index (χ4n) is 5.19. The van der Waals surface area contributed by atoms with Gasteiger partial charge in [0.25, 0.3) is 5.91 Å². The van der Waals surface area contributed by atoms with Crippen molar-refractivity contribution in [2.75, 3.05) is 49.7 Å². The molecule has 218 valence electrons. The number of anilines is 2. The van der Waals surface area contributed by atoms with E-state index in [1.54, 1.807) is 6.07 Å². The average Bonchev–Trinajstić information content (AvgIpc) is 3.48. The largest absolute Gasteiger partial charge is 0.489 e. The number of carbonyl (C=O) groups is 1. The number of halogens is 3. The van der Waals surface area contributed by atoms with Crippen LogP contribution in [0.5, 0.6) is 11.5 Å². The number of benzene rings is 2. The first-order valence-electron chi connectivity index (χ1n) is 13.3. The van der Waals surface area contributed by atoms with Crippen LogP contribution in [0.4, 0.5) is 24.5 Å². The van der Waals surface area contributed by atoms with Crippen molar-refractivity contribution in [1.82, 2.24) is 4.72 Å². The standard InChI is InChI=1S/C27H32F3N3O6S/c28-27(29,30)8-14-38-23-16-19(15-18-3-13-39-24(18)23)25(35)32-21-2-1-20(40(36,37)31-9-12-34)17-22(21)33-10-6-26(4-5-26)7-11-33/h1-2,15-17,31,34H,3-14H2,(H,32,35). The highest BCUT2D eigenvalue weighted by molar-refractivity contribution is 7.89. The van der Waals surface area contributed by atoms with Gasteiger partial charge in [-0.3, -0.25) is 4.79 Å². The molecule has 2 heterocycles. The van der Waals surface area contributed by atoms with Gasteiger partial charge in [-0.25, -0.2) is 13.1 Å². The van der Waals surface area contributed by atoms with Crippen molar-refractivity contribution in [3.05, 3.63) is 41.5 Å². The minimum Gasteiger partial charge on any atom is -0.489 e. The van der Waals surface area contributed by atoms with Crippen molar-refractivity contribution in [3.63, 3.8) is 0 Å². The second kappa shape index (κ2) is 11.1. The molecule has 3 N–H and O–H groups in total. The highest BCUT2D eigenvalue weighted by Gasteiger charge is 2.44. The smallest absolute Gasteiger partial charge is 0.392 e. The van der Waals surface area contributed by atoms with E-state index >= 15 is 0 Å². The van der Waals surface area contributed by atoms with Crippen LogP contribution in [0.1, 0.15) is 48.0 Å². The summed E-state index contributed by atoms with van der Waals surface area (Å²) in [5, 5.41) is 11.9. The number of amides is 1. The minimum absolute atomic E-state index is 0.00990. The number of aliphatic hydroxyl groups is 1. The van der Waals surface area contributed by atoms with Crippen LogP contribution in [-0.2, 0) is 16.4 Å². The second-order valence-corrected chi connectivity index (χ2v) is 12.3. The molecular formula is C27H32F3N3O6S. The summed E-state index contributed by atoms with van der Waals surface area (Å²) in [6.45, 7) is 0.676. The molecule has 2 fully saturated rings. The number of piperidine rings is 1. The molecule has 0 aromatic heterocycles. The quantitative estimate of drug-likeness (QED) is 0.389. The molecular weight excluding hydrogens is 551 g/mol. The molecule has 1 amide bonds. The van der Waals surface area contributed by atoms with E-state index in [-0.39, 0.29) is 29.4 Å². The van der Waals surface area contributed by atoms with Crippen LogP contribution in [0.3, 0.4) is 0 Å². The molecule has 2 aromatic carbocycles. The summed E-state index contributed by atoms with van der Waals surface area (Å²) in [4.78, 5) is 15.5. The minimum atomic E-state index is -4.38. The molecule has 9 nitrogen and oxygen atoms in total. The van der Waals surface area contributed by atoms with Gasteiger partial charge in [0.05, 0.1) is 42.5 Å². The molecule has 1 saturated heterocycles. The zero-order valence-electron chi connectivity index (χ0n) is 21.8. The number of alkyl halides is 3. The molecule has 2 aliphatic heterocycles. The first-order valence-corrected chi connectivity index (χ1v) is 14.8. The van der Waals surface area contributed by atoms with Crippen molar-refractivity contribution in [2.45, 2.75) is 49.6 Å². The van der Waals surface area contributed by atoms with Gasteiger partial charge < -0.3 is 24.8 Å². The fraction of sp³-hybridized carbons (Fsp3) is 0.519. The summed E-state index contributed by atoms with van der Waals surface area (Å²) < 4.78 is 76.7. The predicted molar refractivity (Wildman–Crippen MR) is 142 cm³/mol. The highest BCUT2D eigenvalue weighted by Crippen LogP contribution is 2.54. The number of nitrogens with zero attached hydrogens (tertiary/aromatic N) is 1. The van der Waals surface area contributed by atoms with E-state index in [4.69, 9.17) is 14.6 Å². The van der Waals surface area contributed by atoms with E-state index in [1.807, 2.05) is 0 Å². The van der Waals surface area contributed by atoms with Crippen LogP contribution >= 0.6 is 0 Å². The summed E-state index contributed by atoms with van der Waals surface area (Å²) in [5.41, 5.74) is 2.20. The maximum atomic E-state index is 13.4. The summed E-state index contributed by atoms with van der Waals surface area (Å²) in [6, 6.07) is 7.42. The van der Waals surface area contributed by atoms with Crippen LogP contribution in [0.2, 0.25) is 0 Å². The third-order valence-corrected chi connectivity index (χ3v) is 9.17. The molecule has 2 aromatic rings. The normalized spacial score (nSPS) is 17.9. The Morgan fingerprint density at radius 1 is 1.12 bits per heavy atom. The number of hydrogen-bond acceptors (Lipinski definition) is 7. The Morgan fingerprint density at radius 3 is 2.55 bits per heavy atom.